The molecule has 0 radical (unpaired) electrons. The highest BCUT2D eigenvalue weighted by Gasteiger charge is 2.33. The van der Waals surface area contributed by atoms with E-state index in [0.29, 0.717) is 4.90 Å². The largest absolute Gasteiger partial charge is 0.406 e. The van der Waals surface area contributed by atoms with Gasteiger partial charge in [0.05, 0.1) is 4.92 Å². The third-order valence-corrected chi connectivity index (χ3v) is 2.48. The standard InChI is InChI=1S/C11H10ClF3N2O3/c12-4-5-16(7-11(13,14)15)10(18)8-2-1-3-9(6-8)17(19)20/h1-3,6H,4-5,7H2. The molecule has 9 heteroatoms. The predicted octanol–water partition coefficient (Wildman–Crippen LogP) is 2.84. The summed E-state index contributed by atoms with van der Waals surface area (Å²) in [6.45, 7) is -1.76. The summed E-state index contributed by atoms with van der Waals surface area (Å²) in [6, 6.07) is 4.52. The van der Waals surface area contributed by atoms with Crippen LogP contribution in [0.15, 0.2) is 24.3 Å². The van der Waals surface area contributed by atoms with E-state index in [1.54, 1.807) is 0 Å². The summed E-state index contributed by atoms with van der Waals surface area (Å²) in [7, 11) is 0. The lowest BCUT2D eigenvalue weighted by Crippen LogP contribution is -2.40. The maximum Gasteiger partial charge on any atom is 0.406 e. The van der Waals surface area contributed by atoms with E-state index in [1.807, 2.05) is 0 Å². The lowest BCUT2D eigenvalue weighted by atomic mass is 10.1. The van der Waals surface area contributed by atoms with Crippen LogP contribution in [0.2, 0.25) is 0 Å². The van der Waals surface area contributed by atoms with E-state index < -0.39 is 23.6 Å². The minimum Gasteiger partial charge on any atom is -0.328 e. The summed E-state index contributed by atoms with van der Waals surface area (Å²) in [4.78, 5) is 22.3. The number of hydrogen-bond acceptors (Lipinski definition) is 3. The highest BCUT2D eigenvalue weighted by molar-refractivity contribution is 6.18. The number of benzene rings is 1. The first-order valence-corrected chi connectivity index (χ1v) is 5.94. The Balaban J connectivity index is 3.00. The van der Waals surface area contributed by atoms with E-state index in [-0.39, 0.29) is 23.7 Å². The van der Waals surface area contributed by atoms with Crippen molar-refractivity contribution in [2.24, 2.45) is 0 Å². The van der Waals surface area contributed by atoms with Gasteiger partial charge in [0.1, 0.15) is 6.54 Å². The van der Waals surface area contributed by atoms with E-state index in [1.165, 1.54) is 12.1 Å². The van der Waals surface area contributed by atoms with E-state index in [4.69, 9.17) is 11.6 Å². The number of nitro benzene ring substituents is 1. The number of non-ortho nitro benzene ring substituents is 1. The fourth-order valence-corrected chi connectivity index (χ4v) is 1.71. The minimum absolute atomic E-state index is 0.170. The Hall–Kier alpha value is -1.83. The van der Waals surface area contributed by atoms with Crippen LogP contribution in [0, 0.1) is 10.1 Å². The lowest BCUT2D eigenvalue weighted by Gasteiger charge is -2.23. The van der Waals surface area contributed by atoms with Crippen molar-refractivity contribution in [3.05, 3.63) is 39.9 Å². The highest BCUT2D eigenvalue weighted by atomic mass is 35.5. The molecule has 1 aromatic rings. The molecule has 0 aromatic heterocycles. The first-order valence-electron chi connectivity index (χ1n) is 5.41. The first kappa shape index (κ1) is 16.2. The third-order valence-electron chi connectivity index (χ3n) is 2.32. The number of carbonyl (C=O) groups excluding carboxylic acids is 1. The molecule has 0 aliphatic carbocycles. The summed E-state index contributed by atoms with van der Waals surface area (Å²) in [5.74, 6) is -1.12. The minimum atomic E-state index is -4.57. The molecular weight excluding hydrogens is 301 g/mol. The Morgan fingerprint density at radius 3 is 2.55 bits per heavy atom. The molecule has 5 nitrogen and oxygen atoms in total. The molecule has 0 bridgehead atoms. The summed E-state index contributed by atoms with van der Waals surface area (Å²) < 4.78 is 37.1. The van der Waals surface area contributed by atoms with Crippen LogP contribution in [-0.4, -0.2) is 40.9 Å². The van der Waals surface area contributed by atoms with Crippen molar-refractivity contribution in [1.82, 2.24) is 4.90 Å². The SMILES string of the molecule is O=C(c1cccc([N+](=O)[O-])c1)N(CCCl)CC(F)(F)F. The zero-order chi connectivity index (χ0) is 15.3. The molecule has 0 saturated heterocycles. The second-order valence-corrected chi connectivity index (χ2v) is 4.22. The fourth-order valence-electron chi connectivity index (χ4n) is 1.51. The summed E-state index contributed by atoms with van der Waals surface area (Å²) in [6.07, 6.45) is -4.57. The van der Waals surface area contributed by atoms with Crippen LogP contribution >= 0.6 is 11.6 Å². The smallest absolute Gasteiger partial charge is 0.328 e. The maximum absolute atomic E-state index is 12.4. The Kier molecular flexibility index (Phi) is 5.32. The number of amides is 1. The summed E-state index contributed by atoms with van der Waals surface area (Å²) >= 11 is 5.37. The van der Waals surface area contributed by atoms with Gasteiger partial charge in [-0.3, -0.25) is 14.9 Å². The van der Waals surface area contributed by atoms with Crippen LogP contribution in [-0.2, 0) is 0 Å². The zero-order valence-corrected chi connectivity index (χ0v) is 10.8. The lowest BCUT2D eigenvalue weighted by molar-refractivity contribution is -0.384. The highest BCUT2D eigenvalue weighted by Crippen LogP contribution is 2.20. The molecule has 0 spiro atoms. The van der Waals surface area contributed by atoms with Crippen molar-refractivity contribution in [3.8, 4) is 0 Å². The number of alkyl halides is 4. The van der Waals surface area contributed by atoms with Crippen molar-refractivity contribution < 1.29 is 22.9 Å². The Labute approximate surface area is 117 Å². The van der Waals surface area contributed by atoms with Gasteiger partial charge in [0, 0.05) is 30.1 Å². The summed E-state index contributed by atoms with van der Waals surface area (Å²) in [5.41, 5.74) is -0.553. The van der Waals surface area contributed by atoms with Crippen molar-refractivity contribution in [1.29, 1.82) is 0 Å². The zero-order valence-electron chi connectivity index (χ0n) is 10.1. The molecular formula is C11H10ClF3N2O3. The quantitative estimate of drug-likeness (QED) is 0.477. The van der Waals surface area contributed by atoms with Gasteiger partial charge >= 0.3 is 6.18 Å². The molecule has 0 fully saturated rings. The molecule has 1 rings (SSSR count). The van der Waals surface area contributed by atoms with Gasteiger partial charge in [-0.15, -0.1) is 11.6 Å². The first-order chi connectivity index (χ1) is 9.24. The monoisotopic (exact) mass is 310 g/mol. The molecule has 1 aromatic carbocycles. The Bertz CT molecular complexity index is 508. The van der Waals surface area contributed by atoms with Gasteiger partial charge in [-0.05, 0) is 6.07 Å². The van der Waals surface area contributed by atoms with Gasteiger partial charge in [0.25, 0.3) is 11.6 Å². The molecule has 0 saturated carbocycles. The molecule has 0 heterocycles. The van der Waals surface area contributed by atoms with E-state index in [2.05, 4.69) is 0 Å². The average molecular weight is 311 g/mol. The normalized spacial score (nSPS) is 11.2. The third kappa shape index (κ3) is 4.69. The van der Waals surface area contributed by atoms with Gasteiger partial charge < -0.3 is 4.90 Å². The van der Waals surface area contributed by atoms with Crippen LogP contribution in [0.4, 0.5) is 18.9 Å². The molecule has 0 atom stereocenters. The van der Waals surface area contributed by atoms with Crippen LogP contribution in [0.25, 0.3) is 0 Å². The summed E-state index contributed by atoms with van der Waals surface area (Å²) in [5, 5.41) is 10.6. The molecule has 1 amide bonds. The number of hydrogen-bond donors (Lipinski definition) is 0. The predicted molar refractivity (Wildman–Crippen MR) is 65.8 cm³/mol. The van der Waals surface area contributed by atoms with Crippen LogP contribution in [0.1, 0.15) is 10.4 Å². The van der Waals surface area contributed by atoms with Crippen molar-refractivity contribution >= 4 is 23.2 Å². The average Bonchev–Trinajstić information content (AvgIpc) is 2.36. The van der Waals surface area contributed by atoms with Gasteiger partial charge in [-0.2, -0.15) is 13.2 Å². The number of nitrogens with zero attached hydrogens (tertiary/aromatic N) is 2. The topological polar surface area (TPSA) is 63.4 Å². The molecule has 0 unspecified atom stereocenters. The number of rotatable bonds is 5. The fraction of sp³-hybridized carbons (Fsp3) is 0.364. The number of nitro groups is 1. The molecule has 0 aliphatic heterocycles. The van der Waals surface area contributed by atoms with Crippen LogP contribution in [0.5, 0.6) is 0 Å². The number of carbonyl (C=O) groups is 1. The van der Waals surface area contributed by atoms with E-state index in [0.717, 1.165) is 12.1 Å². The number of halogens is 4. The van der Waals surface area contributed by atoms with Gasteiger partial charge in [0.15, 0.2) is 0 Å². The van der Waals surface area contributed by atoms with Gasteiger partial charge in [0.2, 0.25) is 0 Å². The molecule has 110 valence electrons. The molecule has 20 heavy (non-hydrogen) atoms. The maximum atomic E-state index is 12.4. The van der Waals surface area contributed by atoms with Gasteiger partial charge in [-0.1, -0.05) is 6.07 Å². The van der Waals surface area contributed by atoms with Crippen molar-refractivity contribution in [2.45, 2.75) is 6.18 Å². The second kappa shape index (κ2) is 6.56. The van der Waals surface area contributed by atoms with Gasteiger partial charge in [-0.25, -0.2) is 0 Å². The molecule has 0 N–H and O–H groups in total. The van der Waals surface area contributed by atoms with Crippen molar-refractivity contribution in [2.75, 3.05) is 19.0 Å². The Morgan fingerprint density at radius 1 is 1.40 bits per heavy atom. The van der Waals surface area contributed by atoms with E-state index in [9.17, 15) is 28.1 Å². The molecule has 0 aliphatic rings. The van der Waals surface area contributed by atoms with E-state index >= 15 is 0 Å². The van der Waals surface area contributed by atoms with Crippen LogP contribution < -0.4 is 0 Å². The Morgan fingerprint density at radius 2 is 2.05 bits per heavy atom. The van der Waals surface area contributed by atoms with Crippen molar-refractivity contribution in [3.63, 3.8) is 0 Å². The second-order valence-electron chi connectivity index (χ2n) is 3.84. The van der Waals surface area contributed by atoms with Crippen LogP contribution in [0.3, 0.4) is 0 Å².